The standard InChI is InChI=1S/C6H6BrN3OS/c7-4-1-5(11)10(2-4)6-9-8-3-12-6/h3-4H,1-2H2. The first-order chi connectivity index (χ1) is 5.77. The van der Waals surface area contributed by atoms with Crippen LogP contribution < -0.4 is 4.90 Å². The molecule has 0 aliphatic carbocycles. The predicted octanol–water partition coefficient (Wildman–Crippen LogP) is 1.04. The molecule has 12 heavy (non-hydrogen) atoms. The molecule has 1 aliphatic heterocycles. The second kappa shape index (κ2) is 3.10. The average molecular weight is 248 g/mol. The first kappa shape index (κ1) is 8.12. The van der Waals surface area contributed by atoms with Crippen molar-refractivity contribution in [1.82, 2.24) is 10.2 Å². The van der Waals surface area contributed by atoms with E-state index in [1.54, 1.807) is 10.4 Å². The van der Waals surface area contributed by atoms with Gasteiger partial charge in [-0.15, -0.1) is 10.2 Å². The highest BCUT2D eigenvalue weighted by atomic mass is 79.9. The highest BCUT2D eigenvalue weighted by Crippen LogP contribution is 2.25. The highest BCUT2D eigenvalue weighted by molar-refractivity contribution is 9.09. The molecule has 4 nitrogen and oxygen atoms in total. The maximum absolute atomic E-state index is 11.3. The maximum Gasteiger partial charge on any atom is 0.230 e. The topological polar surface area (TPSA) is 46.1 Å². The minimum atomic E-state index is 0.119. The van der Waals surface area contributed by atoms with Gasteiger partial charge in [0.2, 0.25) is 11.0 Å². The molecule has 0 bridgehead atoms. The fraction of sp³-hybridized carbons (Fsp3) is 0.500. The molecule has 2 rings (SSSR count). The van der Waals surface area contributed by atoms with E-state index in [2.05, 4.69) is 26.1 Å². The van der Waals surface area contributed by atoms with Gasteiger partial charge in [0.15, 0.2) is 0 Å². The van der Waals surface area contributed by atoms with E-state index in [0.717, 1.165) is 0 Å². The van der Waals surface area contributed by atoms with E-state index in [0.29, 0.717) is 18.1 Å². The van der Waals surface area contributed by atoms with E-state index in [1.165, 1.54) is 11.3 Å². The lowest BCUT2D eigenvalue weighted by atomic mass is 10.4. The molecule has 1 amide bonds. The summed E-state index contributed by atoms with van der Waals surface area (Å²) in [7, 11) is 0. The molecule has 1 aliphatic rings. The van der Waals surface area contributed by atoms with E-state index in [4.69, 9.17) is 0 Å². The summed E-state index contributed by atoms with van der Waals surface area (Å²) in [6, 6.07) is 0. The molecule has 1 saturated heterocycles. The number of anilines is 1. The molecule has 2 heterocycles. The molecule has 0 radical (unpaired) electrons. The van der Waals surface area contributed by atoms with Gasteiger partial charge in [-0.25, -0.2) is 0 Å². The van der Waals surface area contributed by atoms with Crippen LogP contribution in [0.15, 0.2) is 5.51 Å². The summed E-state index contributed by atoms with van der Waals surface area (Å²) in [5, 5.41) is 8.22. The van der Waals surface area contributed by atoms with Crippen LogP contribution >= 0.6 is 27.3 Å². The number of nitrogens with zero attached hydrogens (tertiary/aromatic N) is 3. The van der Waals surface area contributed by atoms with Gasteiger partial charge in [-0.3, -0.25) is 9.69 Å². The lowest BCUT2D eigenvalue weighted by Crippen LogP contribution is -2.24. The Hall–Kier alpha value is -0.490. The van der Waals surface area contributed by atoms with Crippen LogP contribution in [-0.4, -0.2) is 27.5 Å². The smallest absolute Gasteiger partial charge is 0.230 e. The van der Waals surface area contributed by atoms with Gasteiger partial charge < -0.3 is 0 Å². The van der Waals surface area contributed by atoms with E-state index in [9.17, 15) is 4.79 Å². The molecule has 0 N–H and O–H groups in total. The third kappa shape index (κ3) is 1.36. The maximum atomic E-state index is 11.3. The van der Waals surface area contributed by atoms with Crippen LogP contribution in [0.3, 0.4) is 0 Å². The Bertz CT molecular complexity index is 289. The van der Waals surface area contributed by atoms with Crippen LogP contribution in [0, 0.1) is 0 Å². The summed E-state index contributed by atoms with van der Waals surface area (Å²) < 4.78 is 0. The second-order valence-corrected chi connectivity index (χ2v) is 4.63. The van der Waals surface area contributed by atoms with Crippen molar-refractivity contribution in [3.05, 3.63) is 5.51 Å². The van der Waals surface area contributed by atoms with Gasteiger partial charge >= 0.3 is 0 Å². The number of hydrogen-bond acceptors (Lipinski definition) is 4. The van der Waals surface area contributed by atoms with Gasteiger partial charge in [-0.05, 0) is 0 Å². The Kier molecular flexibility index (Phi) is 2.10. The van der Waals surface area contributed by atoms with Crippen molar-refractivity contribution >= 4 is 38.3 Å². The third-order valence-corrected chi connectivity index (χ3v) is 2.98. The van der Waals surface area contributed by atoms with Crippen LogP contribution in [0.25, 0.3) is 0 Å². The fourth-order valence-corrected chi connectivity index (χ4v) is 2.29. The summed E-state index contributed by atoms with van der Waals surface area (Å²) in [5.41, 5.74) is 1.63. The SMILES string of the molecule is O=C1CC(Br)CN1c1nncs1. The summed E-state index contributed by atoms with van der Waals surface area (Å²) >= 11 is 4.79. The molecule has 0 spiro atoms. The number of amides is 1. The van der Waals surface area contributed by atoms with E-state index in [-0.39, 0.29) is 10.7 Å². The molecule has 1 aromatic rings. The Balaban J connectivity index is 2.21. The summed E-state index contributed by atoms with van der Waals surface area (Å²) in [4.78, 5) is 13.2. The fourth-order valence-electron chi connectivity index (χ4n) is 1.13. The van der Waals surface area contributed by atoms with Crippen molar-refractivity contribution in [1.29, 1.82) is 0 Å². The Morgan fingerprint density at radius 3 is 3.08 bits per heavy atom. The number of halogens is 1. The van der Waals surface area contributed by atoms with Crippen molar-refractivity contribution < 1.29 is 4.79 Å². The average Bonchev–Trinajstić information content (AvgIpc) is 2.58. The normalized spacial score (nSPS) is 23.6. The first-order valence-electron chi connectivity index (χ1n) is 3.48. The first-order valence-corrected chi connectivity index (χ1v) is 5.27. The minimum Gasteiger partial charge on any atom is -0.286 e. The van der Waals surface area contributed by atoms with Crippen LogP contribution in [0.5, 0.6) is 0 Å². The Labute approximate surface area is 81.7 Å². The highest BCUT2D eigenvalue weighted by Gasteiger charge is 2.30. The molecular formula is C6H6BrN3OS. The molecule has 1 atom stereocenters. The summed E-state index contributed by atoms with van der Waals surface area (Å²) in [5.74, 6) is 0.119. The predicted molar refractivity (Wildman–Crippen MR) is 49.6 cm³/mol. The quantitative estimate of drug-likeness (QED) is 0.697. The van der Waals surface area contributed by atoms with Crippen molar-refractivity contribution in [2.45, 2.75) is 11.2 Å². The second-order valence-electron chi connectivity index (χ2n) is 2.53. The van der Waals surface area contributed by atoms with Crippen LogP contribution in [0.2, 0.25) is 0 Å². The van der Waals surface area contributed by atoms with Crippen molar-refractivity contribution in [3.8, 4) is 0 Å². The zero-order chi connectivity index (χ0) is 8.55. The number of rotatable bonds is 1. The molecule has 64 valence electrons. The zero-order valence-corrected chi connectivity index (χ0v) is 8.51. The van der Waals surface area contributed by atoms with Crippen LogP contribution in [0.1, 0.15) is 6.42 Å². The molecule has 0 saturated carbocycles. The zero-order valence-electron chi connectivity index (χ0n) is 6.11. The summed E-state index contributed by atoms with van der Waals surface area (Å²) in [6.45, 7) is 0.702. The van der Waals surface area contributed by atoms with Crippen molar-refractivity contribution in [2.24, 2.45) is 0 Å². The van der Waals surface area contributed by atoms with Crippen molar-refractivity contribution in [3.63, 3.8) is 0 Å². The Morgan fingerprint density at radius 1 is 1.75 bits per heavy atom. The molecular weight excluding hydrogens is 242 g/mol. The minimum absolute atomic E-state index is 0.119. The molecule has 1 fully saturated rings. The van der Waals surface area contributed by atoms with Gasteiger partial charge in [-0.2, -0.15) is 0 Å². The van der Waals surface area contributed by atoms with Gasteiger partial charge in [-0.1, -0.05) is 27.3 Å². The van der Waals surface area contributed by atoms with Crippen LogP contribution in [-0.2, 0) is 4.79 Å². The molecule has 6 heteroatoms. The largest absolute Gasteiger partial charge is 0.286 e. The van der Waals surface area contributed by atoms with Crippen LogP contribution in [0.4, 0.5) is 5.13 Å². The van der Waals surface area contributed by atoms with Gasteiger partial charge in [0, 0.05) is 17.8 Å². The number of aromatic nitrogens is 2. The van der Waals surface area contributed by atoms with E-state index >= 15 is 0 Å². The van der Waals surface area contributed by atoms with E-state index in [1.807, 2.05) is 0 Å². The lowest BCUT2D eigenvalue weighted by Gasteiger charge is -2.09. The van der Waals surface area contributed by atoms with Gasteiger partial charge in [0.05, 0.1) is 0 Å². The number of carbonyl (C=O) groups excluding carboxylic acids is 1. The van der Waals surface area contributed by atoms with E-state index < -0.39 is 0 Å². The molecule has 1 unspecified atom stereocenters. The lowest BCUT2D eigenvalue weighted by molar-refractivity contribution is -0.117. The third-order valence-electron chi connectivity index (χ3n) is 1.66. The monoisotopic (exact) mass is 247 g/mol. The van der Waals surface area contributed by atoms with Gasteiger partial charge in [0.25, 0.3) is 0 Å². The van der Waals surface area contributed by atoms with Crippen molar-refractivity contribution in [2.75, 3.05) is 11.4 Å². The number of hydrogen-bond donors (Lipinski definition) is 0. The Morgan fingerprint density at radius 2 is 2.58 bits per heavy atom. The number of alkyl halides is 1. The molecule has 0 aromatic carbocycles. The van der Waals surface area contributed by atoms with Gasteiger partial charge in [0.1, 0.15) is 5.51 Å². The summed E-state index contributed by atoms with van der Waals surface area (Å²) in [6.07, 6.45) is 0.555. The number of carbonyl (C=O) groups is 1. The molecule has 1 aromatic heterocycles.